The van der Waals surface area contributed by atoms with Crippen LogP contribution in [-0.4, -0.2) is 42.0 Å². The van der Waals surface area contributed by atoms with Crippen LogP contribution in [0.15, 0.2) is 24.4 Å². The number of hydrogen-bond acceptors (Lipinski definition) is 3. The second-order valence-corrected chi connectivity index (χ2v) is 4.27. The molecule has 4 heteroatoms. The minimum absolute atomic E-state index is 0.0600. The van der Waals surface area contributed by atoms with E-state index in [0.29, 0.717) is 11.7 Å². The van der Waals surface area contributed by atoms with Crippen LogP contribution in [0.5, 0.6) is 0 Å². The van der Waals surface area contributed by atoms with E-state index in [1.165, 1.54) is 0 Å². The summed E-state index contributed by atoms with van der Waals surface area (Å²) in [5.41, 5.74) is 0.501. The van der Waals surface area contributed by atoms with Gasteiger partial charge in [0.05, 0.1) is 0 Å². The molecule has 0 aliphatic carbocycles. The molecule has 1 amide bonds. The van der Waals surface area contributed by atoms with Crippen LogP contribution < -0.4 is 5.32 Å². The molecule has 0 radical (unpaired) electrons. The molecule has 0 spiro atoms. The number of carbonyl (C=O) groups is 1. The zero-order chi connectivity index (χ0) is 11.4. The molecule has 1 saturated heterocycles. The van der Waals surface area contributed by atoms with Crippen LogP contribution in [0.2, 0.25) is 0 Å². The lowest BCUT2D eigenvalue weighted by molar-refractivity contribution is 0.0912. The molecule has 0 atom stereocenters. The van der Waals surface area contributed by atoms with Crippen molar-refractivity contribution < 1.29 is 4.79 Å². The first-order valence-electron chi connectivity index (χ1n) is 5.66. The number of rotatable bonds is 2. The molecule has 86 valence electrons. The van der Waals surface area contributed by atoms with Crippen LogP contribution in [-0.2, 0) is 0 Å². The zero-order valence-electron chi connectivity index (χ0n) is 9.52. The quantitative estimate of drug-likeness (QED) is 0.804. The molecule has 2 heterocycles. The van der Waals surface area contributed by atoms with Gasteiger partial charge in [0.15, 0.2) is 0 Å². The van der Waals surface area contributed by atoms with E-state index >= 15 is 0 Å². The van der Waals surface area contributed by atoms with E-state index in [1.807, 2.05) is 12.1 Å². The largest absolute Gasteiger partial charge is 0.348 e. The second kappa shape index (κ2) is 5.07. The summed E-state index contributed by atoms with van der Waals surface area (Å²) in [5, 5.41) is 3.03. The Hall–Kier alpha value is -1.42. The fourth-order valence-electron chi connectivity index (χ4n) is 1.91. The third kappa shape index (κ3) is 2.79. The van der Waals surface area contributed by atoms with Crippen molar-refractivity contribution in [2.45, 2.75) is 18.9 Å². The topological polar surface area (TPSA) is 45.2 Å². The highest BCUT2D eigenvalue weighted by Crippen LogP contribution is 2.08. The molecule has 4 nitrogen and oxygen atoms in total. The molecule has 1 aliphatic heterocycles. The molecule has 1 fully saturated rings. The van der Waals surface area contributed by atoms with Gasteiger partial charge in [0.2, 0.25) is 0 Å². The number of carbonyl (C=O) groups excluding carboxylic acids is 1. The normalized spacial score (nSPS) is 18.3. The fraction of sp³-hybridized carbons (Fsp3) is 0.500. The Morgan fingerprint density at radius 2 is 2.19 bits per heavy atom. The highest BCUT2D eigenvalue weighted by molar-refractivity contribution is 5.92. The molecule has 0 bridgehead atoms. The summed E-state index contributed by atoms with van der Waals surface area (Å²) in [6.45, 7) is 2.10. The maximum atomic E-state index is 11.8. The molecule has 16 heavy (non-hydrogen) atoms. The van der Waals surface area contributed by atoms with Gasteiger partial charge in [-0.05, 0) is 45.1 Å². The molecule has 0 saturated carbocycles. The van der Waals surface area contributed by atoms with Gasteiger partial charge in [0, 0.05) is 12.2 Å². The number of piperidine rings is 1. The van der Waals surface area contributed by atoms with Gasteiger partial charge in [0.25, 0.3) is 5.91 Å². The molecular formula is C12H17N3O. The molecule has 0 unspecified atom stereocenters. The number of nitrogens with one attached hydrogen (secondary N) is 1. The number of likely N-dealkylation sites (tertiary alicyclic amines) is 1. The predicted molar refractivity (Wildman–Crippen MR) is 62.2 cm³/mol. The average molecular weight is 219 g/mol. The Bertz CT molecular complexity index is 345. The Kier molecular flexibility index (Phi) is 3.51. The number of aromatic nitrogens is 1. The minimum atomic E-state index is -0.0600. The van der Waals surface area contributed by atoms with Crippen molar-refractivity contribution in [3.63, 3.8) is 0 Å². The first-order valence-corrected chi connectivity index (χ1v) is 5.66. The highest BCUT2D eigenvalue weighted by atomic mass is 16.1. The number of nitrogens with zero attached hydrogens (tertiary/aromatic N) is 2. The van der Waals surface area contributed by atoms with Crippen molar-refractivity contribution in [2.24, 2.45) is 0 Å². The van der Waals surface area contributed by atoms with Gasteiger partial charge >= 0.3 is 0 Å². The van der Waals surface area contributed by atoms with Crippen molar-refractivity contribution in [1.29, 1.82) is 0 Å². The lowest BCUT2D eigenvalue weighted by atomic mass is 10.1. The fourth-order valence-corrected chi connectivity index (χ4v) is 1.91. The molecule has 1 aliphatic rings. The molecule has 2 rings (SSSR count). The summed E-state index contributed by atoms with van der Waals surface area (Å²) in [7, 11) is 2.11. The Morgan fingerprint density at radius 1 is 1.44 bits per heavy atom. The lowest BCUT2D eigenvalue weighted by Crippen LogP contribution is -2.43. The minimum Gasteiger partial charge on any atom is -0.348 e. The van der Waals surface area contributed by atoms with Gasteiger partial charge in [-0.1, -0.05) is 6.07 Å². The van der Waals surface area contributed by atoms with Gasteiger partial charge < -0.3 is 10.2 Å². The first kappa shape index (κ1) is 11.1. The van der Waals surface area contributed by atoms with Crippen LogP contribution in [0.1, 0.15) is 23.3 Å². The Labute approximate surface area is 95.7 Å². The summed E-state index contributed by atoms with van der Waals surface area (Å²) in [6.07, 6.45) is 3.69. The third-order valence-corrected chi connectivity index (χ3v) is 2.95. The van der Waals surface area contributed by atoms with Crippen LogP contribution in [0.25, 0.3) is 0 Å². The van der Waals surface area contributed by atoms with Crippen LogP contribution >= 0.6 is 0 Å². The maximum absolute atomic E-state index is 11.8. The average Bonchev–Trinajstić information content (AvgIpc) is 2.33. The van der Waals surface area contributed by atoms with E-state index in [1.54, 1.807) is 12.3 Å². The molecule has 0 aromatic carbocycles. The number of hydrogen-bond donors (Lipinski definition) is 1. The van der Waals surface area contributed by atoms with E-state index < -0.39 is 0 Å². The van der Waals surface area contributed by atoms with Crippen molar-refractivity contribution in [3.05, 3.63) is 30.1 Å². The summed E-state index contributed by atoms with van der Waals surface area (Å²) in [4.78, 5) is 18.1. The standard InChI is InChI=1S/C12H17N3O/c1-15-8-5-10(6-9-15)14-12(16)11-4-2-3-7-13-11/h2-4,7,10H,5-6,8-9H2,1H3,(H,14,16). The smallest absolute Gasteiger partial charge is 0.270 e. The van der Waals surface area contributed by atoms with Crippen molar-refractivity contribution in [3.8, 4) is 0 Å². The van der Waals surface area contributed by atoms with E-state index in [9.17, 15) is 4.79 Å². The predicted octanol–water partition coefficient (Wildman–Crippen LogP) is 0.906. The van der Waals surface area contributed by atoms with Crippen molar-refractivity contribution in [2.75, 3.05) is 20.1 Å². The summed E-state index contributed by atoms with van der Waals surface area (Å²) in [5.74, 6) is -0.0600. The van der Waals surface area contributed by atoms with Crippen LogP contribution in [0.4, 0.5) is 0 Å². The van der Waals surface area contributed by atoms with E-state index in [0.717, 1.165) is 25.9 Å². The zero-order valence-corrected chi connectivity index (χ0v) is 9.52. The monoisotopic (exact) mass is 219 g/mol. The van der Waals surface area contributed by atoms with E-state index in [4.69, 9.17) is 0 Å². The molecule has 1 aromatic heterocycles. The van der Waals surface area contributed by atoms with Crippen LogP contribution in [0, 0.1) is 0 Å². The van der Waals surface area contributed by atoms with Gasteiger partial charge in [-0.3, -0.25) is 9.78 Å². The van der Waals surface area contributed by atoms with E-state index in [2.05, 4.69) is 22.2 Å². The lowest BCUT2D eigenvalue weighted by Gasteiger charge is -2.29. The third-order valence-electron chi connectivity index (χ3n) is 2.95. The van der Waals surface area contributed by atoms with Gasteiger partial charge in [0.1, 0.15) is 5.69 Å². The van der Waals surface area contributed by atoms with Gasteiger partial charge in [-0.15, -0.1) is 0 Å². The summed E-state index contributed by atoms with van der Waals surface area (Å²) >= 11 is 0. The second-order valence-electron chi connectivity index (χ2n) is 4.27. The number of pyridine rings is 1. The first-order chi connectivity index (χ1) is 7.75. The number of amides is 1. The van der Waals surface area contributed by atoms with E-state index in [-0.39, 0.29) is 5.91 Å². The van der Waals surface area contributed by atoms with Gasteiger partial charge in [-0.25, -0.2) is 0 Å². The van der Waals surface area contributed by atoms with Crippen molar-refractivity contribution >= 4 is 5.91 Å². The Morgan fingerprint density at radius 3 is 2.81 bits per heavy atom. The molecule has 1 N–H and O–H groups in total. The van der Waals surface area contributed by atoms with Gasteiger partial charge in [-0.2, -0.15) is 0 Å². The summed E-state index contributed by atoms with van der Waals surface area (Å²) in [6, 6.07) is 5.68. The van der Waals surface area contributed by atoms with Crippen molar-refractivity contribution in [1.82, 2.24) is 15.2 Å². The SMILES string of the molecule is CN1CCC(NC(=O)c2ccccn2)CC1. The van der Waals surface area contributed by atoms with Crippen LogP contribution in [0.3, 0.4) is 0 Å². The summed E-state index contributed by atoms with van der Waals surface area (Å²) < 4.78 is 0. The maximum Gasteiger partial charge on any atom is 0.270 e. The molecular weight excluding hydrogens is 202 g/mol. The highest BCUT2D eigenvalue weighted by Gasteiger charge is 2.19. The Balaban J connectivity index is 1.88. The molecule has 1 aromatic rings.